The van der Waals surface area contributed by atoms with E-state index >= 15 is 0 Å². The molecule has 4 heteroatoms. The van der Waals surface area contributed by atoms with Gasteiger partial charge < -0.3 is 10.6 Å². The first-order valence-electron chi connectivity index (χ1n) is 9.56. The molecule has 0 saturated heterocycles. The number of hydrogen-bond donors (Lipinski definition) is 2. The second kappa shape index (κ2) is 8.70. The third kappa shape index (κ3) is 5.82. The Hall–Kier alpha value is -1.06. The van der Waals surface area contributed by atoms with Crippen molar-refractivity contribution in [1.29, 1.82) is 0 Å². The Kier molecular flexibility index (Phi) is 6.91. The van der Waals surface area contributed by atoms with E-state index in [2.05, 4.69) is 17.6 Å². The van der Waals surface area contributed by atoms with Gasteiger partial charge in [-0.1, -0.05) is 46.5 Å². The van der Waals surface area contributed by atoms with Crippen molar-refractivity contribution in [1.82, 2.24) is 10.6 Å². The van der Waals surface area contributed by atoms with E-state index in [-0.39, 0.29) is 23.7 Å². The van der Waals surface area contributed by atoms with Gasteiger partial charge in [-0.2, -0.15) is 0 Å². The molecule has 2 aliphatic carbocycles. The largest absolute Gasteiger partial charge is 0.353 e. The fraction of sp³-hybridized carbons (Fsp3) is 0.895. The number of amides is 2. The molecule has 2 N–H and O–H groups in total. The van der Waals surface area contributed by atoms with Crippen molar-refractivity contribution in [3.63, 3.8) is 0 Å². The van der Waals surface area contributed by atoms with E-state index < -0.39 is 0 Å². The Balaban J connectivity index is 1.74. The van der Waals surface area contributed by atoms with Crippen LogP contribution in [0.3, 0.4) is 0 Å². The maximum atomic E-state index is 12.3. The van der Waals surface area contributed by atoms with Gasteiger partial charge in [-0.25, -0.2) is 0 Å². The molecule has 3 atom stereocenters. The van der Waals surface area contributed by atoms with Gasteiger partial charge in [0.1, 0.15) is 0 Å². The van der Waals surface area contributed by atoms with Crippen LogP contribution in [-0.2, 0) is 9.59 Å². The second-order valence-electron chi connectivity index (χ2n) is 8.02. The lowest BCUT2D eigenvalue weighted by atomic mass is 9.80. The number of rotatable bonds is 6. The van der Waals surface area contributed by atoms with E-state index in [1.165, 1.54) is 19.3 Å². The lowest BCUT2D eigenvalue weighted by Crippen LogP contribution is -2.41. The normalized spacial score (nSPS) is 27.0. The van der Waals surface area contributed by atoms with Crippen molar-refractivity contribution in [2.75, 3.05) is 0 Å². The molecule has 0 aromatic carbocycles. The lowest BCUT2D eigenvalue weighted by Gasteiger charge is -2.31. The summed E-state index contributed by atoms with van der Waals surface area (Å²) < 4.78 is 0. The Labute approximate surface area is 141 Å². The highest BCUT2D eigenvalue weighted by atomic mass is 16.2. The molecule has 2 saturated carbocycles. The fourth-order valence-electron chi connectivity index (χ4n) is 4.02. The van der Waals surface area contributed by atoms with Gasteiger partial charge >= 0.3 is 0 Å². The molecule has 2 fully saturated rings. The minimum atomic E-state index is 0.0477. The summed E-state index contributed by atoms with van der Waals surface area (Å²) in [6, 6.07) is 0.711. The number of carbonyl (C=O) groups is 2. The molecule has 2 aliphatic rings. The van der Waals surface area contributed by atoms with Crippen molar-refractivity contribution < 1.29 is 9.59 Å². The molecule has 0 bridgehead atoms. The molecule has 0 spiro atoms. The quantitative estimate of drug-likeness (QED) is 0.787. The van der Waals surface area contributed by atoms with Gasteiger partial charge in [0.05, 0.1) is 0 Å². The third-order valence-corrected chi connectivity index (χ3v) is 5.49. The van der Waals surface area contributed by atoms with Crippen molar-refractivity contribution in [2.24, 2.45) is 17.8 Å². The highest BCUT2D eigenvalue weighted by Crippen LogP contribution is 2.30. The minimum Gasteiger partial charge on any atom is -0.353 e. The Morgan fingerprint density at radius 3 is 2.13 bits per heavy atom. The van der Waals surface area contributed by atoms with E-state index in [1.807, 2.05) is 13.8 Å². The summed E-state index contributed by atoms with van der Waals surface area (Å²) in [5.41, 5.74) is 0. The number of carbonyl (C=O) groups excluding carboxylic acids is 2. The smallest absolute Gasteiger partial charge is 0.223 e. The van der Waals surface area contributed by atoms with E-state index in [9.17, 15) is 9.59 Å². The Bertz CT molecular complexity index is 402. The van der Waals surface area contributed by atoms with Crippen LogP contribution in [0.25, 0.3) is 0 Å². The Morgan fingerprint density at radius 1 is 0.870 bits per heavy atom. The van der Waals surface area contributed by atoms with Crippen LogP contribution in [0.15, 0.2) is 0 Å². The molecule has 0 aromatic heterocycles. The van der Waals surface area contributed by atoms with Crippen LogP contribution in [0.1, 0.15) is 78.6 Å². The minimum absolute atomic E-state index is 0.0477. The highest BCUT2D eigenvalue weighted by Gasteiger charge is 2.28. The van der Waals surface area contributed by atoms with E-state index in [1.54, 1.807) is 0 Å². The Morgan fingerprint density at radius 2 is 1.48 bits per heavy atom. The molecule has 0 aliphatic heterocycles. The standard InChI is InChI=1S/C19H34N2O2/c1-13(2)18(22)21-17-10-6-7-15(12-17)11-14(3)19(23)20-16-8-4-5-9-16/h13-17H,4-12H2,1-3H3,(H,20,23)(H,21,22). The van der Waals surface area contributed by atoms with Crippen LogP contribution in [0.4, 0.5) is 0 Å². The molecule has 23 heavy (non-hydrogen) atoms. The number of nitrogens with one attached hydrogen (secondary N) is 2. The van der Waals surface area contributed by atoms with Gasteiger partial charge in [-0.3, -0.25) is 9.59 Å². The first-order valence-corrected chi connectivity index (χ1v) is 9.56. The summed E-state index contributed by atoms with van der Waals surface area (Å²) in [4.78, 5) is 24.2. The average Bonchev–Trinajstić information content (AvgIpc) is 3.00. The highest BCUT2D eigenvalue weighted by molar-refractivity contribution is 5.79. The molecule has 0 aromatic rings. The van der Waals surface area contributed by atoms with Crippen LogP contribution in [0, 0.1) is 17.8 Å². The predicted octanol–water partition coefficient (Wildman–Crippen LogP) is 3.40. The fourth-order valence-corrected chi connectivity index (χ4v) is 4.02. The first-order chi connectivity index (χ1) is 11.0. The van der Waals surface area contributed by atoms with Crippen LogP contribution < -0.4 is 10.6 Å². The summed E-state index contributed by atoms with van der Waals surface area (Å²) in [6.45, 7) is 5.93. The van der Waals surface area contributed by atoms with Crippen LogP contribution >= 0.6 is 0 Å². The molecule has 0 heterocycles. The van der Waals surface area contributed by atoms with Gasteiger partial charge in [-0.15, -0.1) is 0 Å². The van der Waals surface area contributed by atoms with Crippen molar-refractivity contribution in [2.45, 2.75) is 90.6 Å². The van der Waals surface area contributed by atoms with Crippen molar-refractivity contribution >= 4 is 11.8 Å². The van der Waals surface area contributed by atoms with Crippen LogP contribution in [-0.4, -0.2) is 23.9 Å². The summed E-state index contributed by atoms with van der Waals surface area (Å²) in [7, 11) is 0. The molecule has 0 radical (unpaired) electrons. The van der Waals surface area contributed by atoms with Crippen molar-refractivity contribution in [3.8, 4) is 0 Å². The maximum absolute atomic E-state index is 12.3. The summed E-state index contributed by atoms with van der Waals surface area (Å²) in [5.74, 6) is 1.07. The summed E-state index contributed by atoms with van der Waals surface area (Å²) >= 11 is 0. The van der Waals surface area contributed by atoms with Crippen LogP contribution in [0.5, 0.6) is 0 Å². The predicted molar refractivity (Wildman–Crippen MR) is 92.9 cm³/mol. The van der Waals surface area contributed by atoms with Gasteiger partial charge in [0.2, 0.25) is 11.8 Å². The lowest BCUT2D eigenvalue weighted by molar-refractivity contribution is -0.127. The summed E-state index contributed by atoms with van der Waals surface area (Å²) in [6.07, 6.45) is 10.2. The molecular formula is C19H34N2O2. The maximum Gasteiger partial charge on any atom is 0.223 e. The molecule has 132 valence electrons. The topological polar surface area (TPSA) is 58.2 Å². The average molecular weight is 322 g/mol. The molecule has 3 unspecified atom stereocenters. The first kappa shape index (κ1) is 18.3. The monoisotopic (exact) mass is 322 g/mol. The molecule has 4 nitrogen and oxygen atoms in total. The zero-order valence-electron chi connectivity index (χ0n) is 15.1. The van der Waals surface area contributed by atoms with Crippen molar-refractivity contribution in [3.05, 3.63) is 0 Å². The second-order valence-corrected chi connectivity index (χ2v) is 8.02. The van der Waals surface area contributed by atoms with Gasteiger partial charge in [0.15, 0.2) is 0 Å². The zero-order valence-corrected chi connectivity index (χ0v) is 15.1. The molecule has 2 amide bonds. The SMILES string of the molecule is CC(C)C(=O)NC1CCCC(CC(C)C(=O)NC2CCCC2)C1. The van der Waals surface area contributed by atoms with Gasteiger partial charge in [0.25, 0.3) is 0 Å². The third-order valence-electron chi connectivity index (χ3n) is 5.49. The van der Waals surface area contributed by atoms with E-state index in [0.29, 0.717) is 18.0 Å². The zero-order chi connectivity index (χ0) is 16.8. The molecular weight excluding hydrogens is 288 g/mol. The number of hydrogen-bond acceptors (Lipinski definition) is 2. The molecule has 2 rings (SSSR count). The van der Waals surface area contributed by atoms with Gasteiger partial charge in [0, 0.05) is 23.9 Å². The van der Waals surface area contributed by atoms with Gasteiger partial charge in [-0.05, 0) is 38.0 Å². The summed E-state index contributed by atoms with van der Waals surface area (Å²) in [5, 5.41) is 6.39. The van der Waals surface area contributed by atoms with Crippen LogP contribution in [0.2, 0.25) is 0 Å². The van der Waals surface area contributed by atoms with E-state index in [4.69, 9.17) is 0 Å². The van der Waals surface area contributed by atoms with E-state index in [0.717, 1.165) is 38.5 Å².